The Labute approximate surface area is 120 Å². The van der Waals surface area contributed by atoms with Crippen LogP contribution < -0.4 is 10.1 Å². The van der Waals surface area contributed by atoms with Gasteiger partial charge in [0.1, 0.15) is 5.75 Å². The van der Waals surface area contributed by atoms with Gasteiger partial charge in [0.15, 0.2) is 0 Å². The van der Waals surface area contributed by atoms with Gasteiger partial charge in [-0.05, 0) is 38.3 Å². The first-order chi connectivity index (χ1) is 9.63. The van der Waals surface area contributed by atoms with Crippen molar-refractivity contribution in [3.8, 4) is 5.75 Å². The minimum atomic E-state index is -0.653. The van der Waals surface area contributed by atoms with Gasteiger partial charge in [-0.1, -0.05) is 24.6 Å². The van der Waals surface area contributed by atoms with Crippen molar-refractivity contribution in [3.05, 3.63) is 29.8 Å². The summed E-state index contributed by atoms with van der Waals surface area (Å²) in [5, 5.41) is 12.7. The maximum atomic E-state index is 11.2. The van der Waals surface area contributed by atoms with Gasteiger partial charge in [-0.2, -0.15) is 0 Å². The second-order valence-corrected chi connectivity index (χ2v) is 5.51. The van der Waals surface area contributed by atoms with Gasteiger partial charge in [0, 0.05) is 11.6 Å². The van der Waals surface area contributed by atoms with Crippen molar-refractivity contribution in [2.24, 2.45) is 11.8 Å². The Kier molecular flexibility index (Phi) is 5.01. The Bertz CT molecular complexity index is 461. The van der Waals surface area contributed by atoms with Gasteiger partial charge in [-0.3, -0.25) is 4.79 Å². The molecular formula is C16H23NO3. The van der Waals surface area contributed by atoms with Crippen molar-refractivity contribution in [1.82, 2.24) is 5.32 Å². The van der Waals surface area contributed by atoms with E-state index in [9.17, 15) is 9.90 Å². The summed E-state index contributed by atoms with van der Waals surface area (Å²) in [7, 11) is 1.67. The van der Waals surface area contributed by atoms with Crippen molar-refractivity contribution in [3.63, 3.8) is 0 Å². The van der Waals surface area contributed by atoms with Crippen LogP contribution in [-0.2, 0) is 4.79 Å². The van der Waals surface area contributed by atoms with E-state index in [-0.39, 0.29) is 17.9 Å². The summed E-state index contributed by atoms with van der Waals surface area (Å²) in [6.07, 6.45) is 2.83. The summed E-state index contributed by atoms with van der Waals surface area (Å²) in [5.41, 5.74) is 1.11. The van der Waals surface area contributed by atoms with Crippen molar-refractivity contribution >= 4 is 5.97 Å². The second-order valence-electron chi connectivity index (χ2n) is 5.51. The fourth-order valence-electron chi connectivity index (χ4n) is 3.07. The van der Waals surface area contributed by atoms with Crippen LogP contribution in [-0.4, -0.2) is 24.7 Å². The van der Waals surface area contributed by atoms with E-state index in [0.29, 0.717) is 0 Å². The van der Waals surface area contributed by atoms with E-state index in [4.69, 9.17) is 4.74 Å². The number of carboxylic acid groups (broad SMARTS) is 1. The SMILES string of the molecule is COc1ccccc1C(C)NCC1CCCC1C(=O)O. The van der Waals surface area contributed by atoms with Gasteiger partial charge >= 0.3 is 5.97 Å². The van der Waals surface area contributed by atoms with E-state index in [1.807, 2.05) is 24.3 Å². The predicted octanol–water partition coefficient (Wildman–Crippen LogP) is 2.85. The summed E-state index contributed by atoms with van der Waals surface area (Å²) < 4.78 is 5.36. The molecule has 0 amide bonds. The van der Waals surface area contributed by atoms with E-state index >= 15 is 0 Å². The number of aliphatic carboxylic acids is 1. The first-order valence-corrected chi connectivity index (χ1v) is 7.22. The third kappa shape index (κ3) is 3.31. The molecule has 1 fully saturated rings. The fraction of sp³-hybridized carbons (Fsp3) is 0.562. The minimum Gasteiger partial charge on any atom is -0.496 e. The number of nitrogens with one attached hydrogen (secondary N) is 1. The van der Waals surface area contributed by atoms with Crippen LogP contribution in [0.5, 0.6) is 5.75 Å². The van der Waals surface area contributed by atoms with Crippen molar-refractivity contribution in [1.29, 1.82) is 0 Å². The topological polar surface area (TPSA) is 58.6 Å². The molecule has 4 heteroatoms. The Morgan fingerprint density at radius 1 is 1.45 bits per heavy atom. The lowest BCUT2D eigenvalue weighted by Crippen LogP contribution is -2.30. The molecule has 4 nitrogen and oxygen atoms in total. The van der Waals surface area contributed by atoms with Crippen LogP contribution >= 0.6 is 0 Å². The third-order valence-electron chi connectivity index (χ3n) is 4.27. The Morgan fingerprint density at radius 2 is 2.20 bits per heavy atom. The maximum absolute atomic E-state index is 11.2. The highest BCUT2D eigenvalue weighted by Crippen LogP contribution is 2.32. The number of benzene rings is 1. The molecule has 1 aromatic rings. The number of carbonyl (C=O) groups is 1. The molecular weight excluding hydrogens is 254 g/mol. The molecule has 20 heavy (non-hydrogen) atoms. The zero-order valence-corrected chi connectivity index (χ0v) is 12.1. The van der Waals surface area contributed by atoms with Gasteiger partial charge in [0.05, 0.1) is 13.0 Å². The van der Waals surface area contributed by atoms with Crippen LogP contribution in [0.1, 0.15) is 37.8 Å². The lowest BCUT2D eigenvalue weighted by molar-refractivity contribution is -0.142. The summed E-state index contributed by atoms with van der Waals surface area (Å²) in [4.78, 5) is 11.2. The highest BCUT2D eigenvalue weighted by Gasteiger charge is 2.32. The number of para-hydroxylation sites is 1. The third-order valence-corrected chi connectivity index (χ3v) is 4.27. The van der Waals surface area contributed by atoms with E-state index in [0.717, 1.165) is 37.1 Å². The van der Waals surface area contributed by atoms with Crippen LogP contribution in [0.3, 0.4) is 0 Å². The number of carboxylic acids is 1. The number of methoxy groups -OCH3 is 1. The van der Waals surface area contributed by atoms with Gasteiger partial charge in [0.2, 0.25) is 0 Å². The zero-order valence-electron chi connectivity index (χ0n) is 12.1. The minimum absolute atomic E-state index is 0.154. The zero-order chi connectivity index (χ0) is 14.5. The molecule has 0 aliphatic heterocycles. The van der Waals surface area contributed by atoms with E-state index < -0.39 is 5.97 Å². The smallest absolute Gasteiger partial charge is 0.306 e. The molecule has 3 atom stereocenters. The summed E-state index contributed by atoms with van der Waals surface area (Å²) >= 11 is 0. The number of rotatable bonds is 6. The van der Waals surface area contributed by atoms with Crippen LogP contribution in [0, 0.1) is 11.8 Å². The number of ether oxygens (including phenoxy) is 1. The highest BCUT2D eigenvalue weighted by atomic mass is 16.5. The largest absolute Gasteiger partial charge is 0.496 e. The lowest BCUT2D eigenvalue weighted by atomic mass is 9.95. The summed E-state index contributed by atoms with van der Waals surface area (Å²) in [5.74, 6) is 0.268. The average Bonchev–Trinajstić information content (AvgIpc) is 2.93. The molecule has 2 rings (SSSR count). The standard InChI is InChI=1S/C16H23NO3/c1-11(13-7-3-4-9-15(13)20-2)17-10-12-6-5-8-14(12)16(18)19/h3-4,7,9,11-12,14,17H,5-6,8,10H2,1-2H3,(H,18,19). The molecule has 0 heterocycles. The molecule has 0 aromatic heterocycles. The molecule has 0 saturated heterocycles. The molecule has 110 valence electrons. The Morgan fingerprint density at radius 3 is 2.90 bits per heavy atom. The molecule has 1 aromatic carbocycles. The number of hydrogen-bond donors (Lipinski definition) is 2. The molecule has 1 aliphatic carbocycles. The lowest BCUT2D eigenvalue weighted by Gasteiger charge is -2.21. The van der Waals surface area contributed by atoms with Gasteiger partial charge < -0.3 is 15.2 Å². The molecule has 0 radical (unpaired) electrons. The van der Waals surface area contributed by atoms with Crippen LogP contribution in [0.4, 0.5) is 0 Å². The van der Waals surface area contributed by atoms with Crippen LogP contribution in [0.25, 0.3) is 0 Å². The molecule has 2 N–H and O–H groups in total. The van der Waals surface area contributed by atoms with Crippen molar-refractivity contribution < 1.29 is 14.6 Å². The predicted molar refractivity (Wildman–Crippen MR) is 77.9 cm³/mol. The molecule has 0 bridgehead atoms. The highest BCUT2D eigenvalue weighted by molar-refractivity contribution is 5.70. The maximum Gasteiger partial charge on any atom is 0.306 e. The van der Waals surface area contributed by atoms with E-state index in [1.165, 1.54) is 0 Å². The monoisotopic (exact) mass is 277 g/mol. The molecule has 3 unspecified atom stereocenters. The number of hydrogen-bond acceptors (Lipinski definition) is 3. The summed E-state index contributed by atoms with van der Waals surface area (Å²) in [6, 6.07) is 8.09. The normalized spacial score (nSPS) is 23.5. The van der Waals surface area contributed by atoms with E-state index in [2.05, 4.69) is 12.2 Å². The molecule has 0 spiro atoms. The Hall–Kier alpha value is -1.55. The fourth-order valence-corrected chi connectivity index (χ4v) is 3.07. The van der Waals surface area contributed by atoms with Gasteiger partial charge in [0.25, 0.3) is 0 Å². The van der Waals surface area contributed by atoms with Crippen molar-refractivity contribution in [2.75, 3.05) is 13.7 Å². The quantitative estimate of drug-likeness (QED) is 0.839. The molecule has 1 aliphatic rings. The average molecular weight is 277 g/mol. The first-order valence-electron chi connectivity index (χ1n) is 7.22. The first kappa shape index (κ1) is 14.9. The van der Waals surface area contributed by atoms with E-state index in [1.54, 1.807) is 7.11 Å². The van der Waals surface area contributed by atoms with Gasteiger partial charge in [-0.15, -0.1) is 0 Å². The van der Waals surface area contributed by atoms with Crippen LogP contribution in [0.2, 0.25) is 0 Å². The van der Waals surface area contributed by atoms with Crippen molar-refractivity contribution in [2.45, 2.75) is 32.2 Å². The summed E-state index contributed by atoms with van der Waals surface area (Å²) in [6.45, 7) is 2.83. The van der Waals surface area contributed by atoms with Crippen LogP contribution in [0.15, 0.2) is 24.3 Å². The Balaban J connectivity index is 1.95. The second kappa shape index (κ2) is 6.75. The van der Waals surface area contributed by atoms with Gasteiger partial charge in [-0.25, -0.2) is 0 Å². The molecule has 1 saturated carbocycles.